The van der Waals surface area contributed by atoms with Gasteiger partial charge in [-0.1, -0.05) is 0 Å². The Morgan fingerprint density at radius 3 is 2.83 bits per heavy atom. The first-order valence-corrected chi connectivity index (χ1v) is 8.20. The van der Waals surface area contributed by atoms with E-state index in [0.717, 1.165) is 25.1 Å². The first-order valence-electron chi connectivity index (χ1n) is 8.20. The fourth-order valence-corrected chi connectivity index (χ4v) is 2.52. The van der Waals surface area contributed by atoms with E-state index in [1.54, 1.807) is 11.1 Å². The molecule has 1 unspecified atom stereocenters. The summed E-state index contributed by atoms with van der Waals surface area (Å²) in [6.45, 7) is 9.58. The predicted molar refractivity (Wildman–Crippen MR) is 89.9 cm³/mol. The zero-order chi connectivity index (χ0) is 16.9. The van der Waals surface area contributed by atoms with Gasteiger partial charge in [0, 0.05) is 25.2 Å². The smallest absolute Gasteiger partial charge is 0.410 e. The van der Waals surface area contributed by atoms with Crippen molar-refractivity contribution in [3.8, 4) is 5.88 Å². The summed E-state index contributed by atoms with van der Waals surface area (Å²) in [5.41, 5.74) is 0.473. The fraction of sp³-hybridized carbons (Fsp3) is 0.647. The maximum absolute atomic E-state index is 12.2. The lowest BCUT2D eigenvalue weighted by molar-refractivity contribution is 0.0206. The fourth-order valence-electron chi connectivity index (χ4n) is 2.52. The van der Waals surface area contributed by atoms with Crippen LogP contribution in [-0.2, 0) is 4.74 Å². The topological polar surface area (TPSA) is 63.7 Å². The van der Waals surface area contributed by atoms with E-state index in [9.17, 15) is 4.79 Å². The van der Waals surface area contributed by atoms with Crippen molar-refractivity contribution in [2.45, 2.75) is 52.2 Å². The van der Waals surface area contributed by atoms with E-state index in [0.29, 0.717) is 19.0 Å². The Balaban J connectivity index is 1.89. The van der Waals surface area contributed by atoms with Gasteiger partial charge in [-0.15, -0.1) is 0 Å². The number of nitrogens with zero attached hydrogens (tertiary/aromatic N) is 2. The Bertz CT molecular complexity index is 511. The molecule has 1 N–H and O–H groups in total. The third kappa shape index (κ3) is 5.62. The second kappa shape index (κ2) is 7.53. The second-order valence-corrected chi connectivity index (χ2v) is 6.73. The maximum Gasteiger partial charge on any atom is 0.410 e. The third-order valence-electron chi connectivity index (χ3n) is 3.47. The van der Waals surface area contributed by atoms with Crippen LogP contribution in [0.5, 0.6) is 5.88 Å². The molecular weight excluding hydrogens is 294 g/mol. The van der Waals surface area contributed by atoms with Crippen molar-refractivity contribution in [3.05, 3.63) is 18.3 Å². The van der Waals surface area contributed by atoms with Gasteiger partial charge in [0.15, 0.2) is 0 Å². The standard InChI is InChI=1S/C17H27N3O3/c1-5-22-15-9-8-13(11-18-15)19-14-7-6-10-20(12-14)16(21)23-17(2,3)4/h8-9,11,14,19H,5-7,10,12H2,1-4H3. The van der Waals surface area contributed by atoms with Crippen LogP contribution in [0.4, 0.5) is 10.5 Å². The molecule has 128 valence electrons. The van der Waals surface area contributed by atoms with E-state index < -0.39 is 5.60 Å². The molecule has 1 aromatic heterocycles. The minimum absolute atomic E-state index is 0.205. The summed E-state index contributed by atoms with van der Waals surface area (Å²) in [6, 6.07) is 4.00. The van der Waals surface area contributed by atoms with E-state index in [-0.39, 0.29) is 12.1 Å². The number of piperidine rings is 1. The number of hydrogen-bond donors (Lipinski definition) is 1. The van der Waals surface area contributed by atoms with Crippen molar-refractivity contribution in [1.29, 1.82) is 0 Å². The number of nitrogens with one attached hydrogen (secondary N) is 1. The summed E-state index contributed by atoms with van der Waals surface area (Å²) in [7, 11) is 0. The zero-order valence-electron chi connectivity index (χ0n) is 14.5. The Morgan fingerprint density at radius 1 is 1.43 bits per heavy atom. The quantitative estimate of drug-likeness (QED) is 0.922. The van der Waals surface area contributed by atoms with Crippen molar-refractivity contribution < 1.29 is 14.3 Å². The number of rotatable bonds is 4. The molecule has 0 aromatic carbocycles. The van der Waals surface area contributed by atoms with Gasteiger partial charge in [0.2, 0.25) is 5.88 Å². The summed E-state index contributed by atoms with van der Waals surface area (Å²) >= 11 is 0. The van der Waals surface area contributed by atoms with Crippen molar-refractivity contribution in [2.24, 2.45) is 0 Å². The molecule has 2 heterocycles. The largest absolute Gasteiger partial charge is 0.478 e. The summed E-state index contributed by atoms with van der Waals surface area (Å²) in [5, 5.41) is 3.43. The van der Waals surface area contributed by atoms with Crippen molar-refractivity contribution in [1.82, 2.24) is 9.88 Å². The first-order chi connectivity index (χ1) is 10.9. The predicted octanol–water partition coefficient (Wildman–Crippen LogP) is 3.29. The Labute approximate surface area is 138 Å². The minimum atomic E-state index is -0.462. The molecule has 0 spiro atoms. The molecule has 0 radical (unpaired) electrons. The molecule has 1 saturated heterocycles. The highest BCUT2D eigenvalue weighted by molar-refractivity contribution is 5.68. The van der Waals surface area contributed by atoms with E-state index in [4.69, 9.17) is 9.47 Å². The number of pyridine rings is 1. The molecule has 6 nitrogen and oxygen atoms in total. The van der Waals surface area contributed by atoms with Crippen LogP contribution in [0.2, 0.25) is 0 Å². The van der Waals surface area contributed by atoms with Crippen LogP contribution in [0.15, 0.2) is 18.3 Å². The molecule has 1 fully saturated rings. The van der Waals surface area contributed by atoms with Gasteiger partial charge in [-0.05, 0) is 46.6 Å². The van der Waals surface area contributed by atoms with Crippen LogP contribution in [0.1, 0.15) is 40.5 Å². The average molecular weight is 321 g/mol. The van der Waals surface area contributed by atoms with Gasteiger partial charge >= 0.3 is 6.09 Å². The summed E-state index contributed by atoms with van der Waals surface area (Å²) in [6.07, 6.45) is 3.50. The van der Waals surface area contributed by atoms with Gasteiger partial charge in [-0.25, -0.2) is 9.78 Å². The van der Waals surface area contributed by atoms with Crippen LogP contribution in [-0.4, -0.2) is 47.3 Å². The van der Waals surface area contributed by atoms with Gasteiger partial charge < -0.3 is 19.7 Å². The van der Waals surface area contributed by atoms with E-state index in [1.807, 2.05) is 39.8 Å². The van der Waals surface area contributed by atoms with Crippen LogP contribution in [0, 0.1) is 0 Å². The van der Waals surface area contributed by atoms with Crippen molar-refractivity contribution in [2.75, 3.05) is 25.0 Å². The van der Waals surface area contributed by atoms with Crippen molar-refractivity contribution in [3.63, 3.8) is 0 Å². The highest BCUT2D eigenvalue weighted by Crippen LogP contribution is 2.19. The monoisotopic (exact) mass is 321 g/mol. The number of carbonyl (C=O) groups is 1. The zero-order valence-corrected chi connectivity index (χ0v) is 14.5. The van der Waals surface area contributed by atoms with Crippen LogP contribution < -0.4 is 10.1 Å². The number of carbonyl (C=O) groups excluding carboxylic acids is 1. The molecule has 23 heavy (non-hydrogen) atoms. The lowest BCUT2D eigenvalue weighted by atomic mass is 10.1. The van der Waals surface area contributed by atoms with Gasteiger partial charge in [0.25, 0.3) is 0 Å². The SMILES string of the molecule is CCOc1ccc(NC2CCCN(C(=O)OC(C)(C)C)C2)cn1. The molecule has 2 rings (SSSR count). The molecule has 1 aliphatic rings. The molecular formula is C17H27N3O3. The highest BCUT2D eigenvalue weighted by atomic mass is 16.6. The number of aromatic nitrogens is 1. The molecule has 1 aliphatic heterocycles. The Morgan fingerprint density at radius 2 is 2.22 bits per heavy atom. The maximum atomic E-state index is 12.2. The van der Waals surface area contributed by atoms with Gasteiger partial charge in [-0.2, -0.15) is 0 Å². The minimum Gasteiger partial charge on any atom is -0.478 e. The lowest BCUT2D eigenvalue weighted by Crippen LogP contribution is -2.46. The third-order valence-corrected chi connectivity index (χ3v) is 3.47. The number of likely N-dealkylation sites (tertiary alicyclic amines) is 1. The Kier molecular flexibility index (Phi) is 5.69. The normalized spacial score (nSPS) is 18.4. The Hall–Kier alpha value is -1.98. The molecule has 1 atom stereocenters. The van der Waals surface area contributed by atoms with E-state index >= 15 is 0 Å². The van der Waals surface area contributed by atoms with Gasteiger partial charge in [0.05, 0.1) is 18.5 Å². The molecule has 0 aliphatic carbocycles. The molecule has 0 bridgehead atoms. The van der Waals surface area contributed by atoms with Crippen LogP contribution in [0.3, 0.4) is 0 Å². The first kappa shape index (κ1) is 17.4. The summed E-state index contributed by atoms with van der Waals surface area (Å²) in [5.74, 6) is 0.622. The van der Waals surface area contributed by atoms with Crippen molar-refractivity contribution >= 4 is 11.8 Å². The van der Waals surface area contributed by atoms with Gasteiger partial charge in [0.1, 0.15) is 5.60 Å². The second-order valence-electron chi connectivity index (χ2n) is 6.73. The number of hydrogen-bond acceptors (Lipinski definition) is 5. The summed E-state index contributed by atoms with van der Waals surface area (Å²) in [4.78, 5) is 18.2. The number of amides is 1. The number of anilines is 1. The molecule has 0 saturated carbocycles. The van der Waals surface area contributed by atoms with Crippen LogP contribution >= 0.6 is 0 Å². The van der Waals surface area contributed by atoms with E-state index in [2.05, 4.69) is 10.3 Å². The highest BCUT2D eigenvalue weighted by Gasteiger charge is 2.27. The summed E-state index contributed by atoms with van der Waals surface area (Å²) < 4.78 is 10.8. The van der Waals surface area contributed by atoms with Gasteiger partial charge in [-0.3, -0.25) is 0 Å². The molecule has 1 amide bonds. The number of ether oxygens (including phenoxy) is 2. The average Bonchev–Trinajstić information content (AvgIpc) is 2.48. The molecule has 6 heteroatoms. The lowest BCUT2D eigenvalue weighted by Gasteiger charge is -2.34. The van der Waals surface area contributed by atoms with E-state index in [1.165, 1.54) is 0 Å². The molecule has 1 aromatic rings. The van der Waals surface area contributed by atoms with Crippen LogP contribution in [0.25, 0.3) is 0 Å².